The van der Waals surface area contributed by atoms with E-state index in [0.717, 1.165) is 30.8 Å². The molecule has 1 unspecified atom stereocenters. The lowest BCUT2D eigenvalue weighted by molar-refractivity contribution is 0.112. The number of aromatic nitrogens is 3. The fraction of sp³-hybridized carbons (Fsp3) is 0.364. The minimum absolute atomic E-state index is 0.289. The zero-order valence-corrected chi connectivity index (χ0v) is 8.67. The van der Waals surface area contributed by atoms with Crippen molar-refractivity contribution in [1.82, 2.24) is 14.6 Å². The van der Waals surface area contributed by atoms with Gasteiger partial charge in [0.05, 0.1) is 6.61 Å². The van der Waals surface area contributed by atoms with Crippen LogP contribution >= 0.6 is 0 Å². The van der Waals surface area contributed by atoms with Crippen LogP contribution < -0.4 is 0 Å². The second kappa shape index (κ2) is 3.68. The van der Waals surface area contributed by atoms with Crippen LogP contribution in [0.2, 0.25) is 0 Å². The van der Waals surface area contributed by atoms with Gasteiger partial charge in [-0.2, -0.15) is 0 Å². The zero-order valence-electron chi connectivity index (χ0n) is 8.67. The number of carbonyl (C=O) groups excluding carboxylic acids is 1. The summed E-state index contributed by atoms with van der Waals surface area (Å²) < 4.78 is 7.21. The van der Waals surface area contributed by atoms with Gasteiger partial charge in [0.1, 0.15) is 5.82 Å². The molecule has 1 aliphatic heterocycles. The van der Waals surface area contributed by atoms with Gasteiger partial charge < -0.3 is 4.74 Å². The number of nitrogens with zero attached hydrogens (tertiary/aromatic N) is 3. The minimum atomic E-state index is 0.289. The van der Waals surface area contributed by atoms with Crippen molar-refractivity contribution in [3.63, 3.8) is 0 Å². The maximum Gasteiger partial charge on any atom is 0.160 e. The van der Waals surface area contributed by atoms with Crippen molar-refractivity contribution in [2.75, 3.05) is 13.2 Å². The summed E-state index contributed by atoms with van der Waals surface area (Å²) in [4.78, 5) is 10.7. The van der Waals surface area contributed by atoms with E-state index in [1.807, 2.05) is 4.40 Å². The van der Waals surface area contributed by atoms with Gasteiger partial charge in [-0.1, -0.05) is 0 Å². The number of carbonyl (C=O) groups is 1. The van der Waals surface area contributed by atoms with Crippen LogP contribution in [0.1, 0.15) is 28.5 Å². The number of hydrogen-bond acceptors (Lipinski definition) is 4. The summed E-state index contributed by atoms with van der Waals surface area (Å²) in [5.41, 5.74) is 1.40. The fourth-order valence-corrected chi connectivity index (χ4v) is 2.01. The molecule has 0 amide bonds. The SMILES string of the molecule is O=Cc1ccc2nnc(C3CCOC3)n2c1. The molecule has 3 rings (SSSR count). The highest BCUT2D eigenvalue weighted by Crippen LogP contribution is 2.24. The average Bonchev–Trinajstić information content (AvgIpc) is 2.96. The summed E-state index contributed by atoms with van der Waals surface area (Å²) in [5, 5.41) is 8.25. The van der Waals surface area contributed by atoms with Crippen LogP contribution in [-0.4, -0.2) is 34.1 Å². The first-order chi connectivity index (χ1) is 7.88. The third kappa shape index (κ3) is 1.40. The van der Waals surface area contributed by atoms with Gasteiger partial charge in [0, 0.05) is 24.3 Å². The van der Waals surface area contributed by atoms with Gasteiger partial charge in [-0.3, -0.25) is 9.20 Å². The van der Waals surface area contributed by atoms with Crippen molar-refractivity contribution in [1.29, 1.82) is 0 Å². The Hall–Kier alpha value is -1.75. The molecule has 5 heteroatoms. The highest BCUT2D eigenvalue weighted by molar-refractivity contribution is 5.74. The lowest BCUT2D eigenvalue weighted by Crippen LogP contribution is -2.04. The fourth-order valence-electron chi connectivity index (χ4n) is 2.01. The maximum absolute atomic E-state index is 10.7. The van der Waals surface area contributed by atoms with Gasteiger partial charge in [0.15, 0.2) is 11.9 Å². The number of pyridine rings is 1. The Morgan fingerprint density at radius 2 is 2.38 bits per heavy atom. The molecule has 1 saturated heterocycles. The van der Waals surface area contributed by atoms with Gasteiger partial charge in [-0.05, 0) is 18.6 Å². The molecule has 3 heterocycles. The first kappa shape index (κ1) is 9.47. The molecule has 0 bridgehead atoms. The summed E-state index contributed by atoms with van der Waals surface area (Å²) in [6.07, 6.45) is 3.57. The molecule has 0 N–H and O–H groups in total. The van der Waals surface area contributed by atoms with E-state index in [1.165, 1.54) is 0 Å². The third-order valence-corrected chi connectivity index (χ3v) is 2.88. The highest BCUT2D eigenvalue weighted by atomic mass is 16.5. The smallest absolute Gasteiger partial charge is 0.160 e. The Balaban J connectivity index is 2.13. The predicted molar refractivity (Wildman–Crippen MR) is 56.6 cm³/mol. The van der Waals surface area contributed by atoms with Crippen LogP contribution in [0, 0.1) is 0 Å². The van der Waals surface area contributed by atoms with Crippen LogP contribution in [0.15, 0.2) is 18.3 Å². The van der Waals surface area contributed by atoms with Crippen molar-refractivity contribution >= 4 is 11.9 Å². The molecule has 2 aromatic rings. The molecule has 1 fully saturated rings. The molecule has 0 aromatic carbocycles. The molecule has 16 heavy (non-hydrogen) atoms. The van der Waals surface area contributed by atoms with Crippen LogP contribution in [0.25, 0.3) is 5.65 Å². The van der Waals surface area contributed by atoms with E-state index in [0.29, 0.717) is 12.2 Å². The van der Waals surface area contributed by atoms with E-state index in [-0.39, 0.29) is 5.92 Å². The van der Waals surface area contributed by atoms with E-state index in [1.54, 1.807) is 18.3 Å². The number of aldehydes is 1. The lowest BCUT2D eigenvalue weighted by Gasteiger charge is -2.05. The minimum Gasteiger partial charge on any atom is -0.381 e. The Labute approximate surface area is 92.1 Å². The largest absolute Gasteiger partial charge is 0.381 e. The van der Waals surface area contributed by atoms with Crippen LogP contribution in [0.3, 0.4) is 0 Å². The summed E-state index contributed by atoms with van der Waals surface area (Å²) in [7, 11) is 0. The monoisotopic (exact) mass is 217 g/mol. The molecule has 0 aliphatic carbocycles. The van der Waals surface area contributed by atoms with Crippen molar-refractivity contribution in [2.45, 2.75) is 12.3 Å². The number of ether oxygens (including phenoxy) is 1. The molecule has 0 radical (unpaired) electrons. The van der Waals surface area contributed by atoms with Crippen molar-refractivity contribution in [2.24, 2.45) is 0 Å². The summed E-state index contributed by atoms with van der Waals surface area (Å²) in [5.74, 6) is 1.17. The first-order valence-corrected chi connectivity index (χ1v) is 5.26. The topological polar surface area (TPSA) is 56.5 Å². The Morgan fingerprint density at radius 3 is 3.12 bits per heavy atom. The van der Waals surface area contributed by atoms with Crippen molar-refractivity contribution in [3.05, 3.63) is 29.7 Å². The molecule has 1 aliphatic rings. The van der Waals surface area contributed by atoms with Crippen LogP contribution in [-0.2, 0) is 4.74 Å². The molecule has 1 atom stereocenters. The second-order valence-corrected chi connectivity index (χ2v) is 3.93. The number of fused-ring (bicyclic) bond motifs is 1. The quantitative estimate of drug-likeness (QED) is 0.705. The molecule has 0 saturated carbocycles. The molecule has 2 aromatic heterocycles. The Morgan fingerprint density at radius 1 is 1.44 bits per heavy atom. The standard InChI is InChI=1S/C11H11N3O2/c15-6-8-1-2-10-12-13-11(14(10)5-8)9-3-4-16-7-9/h1-2,5-6,9H,3-4,7H2. The Kier molecular flexibility index (Phi) is 2.18. The highest BCUT2D eigenvalue weighted by Gasteiger charge is 2.22. The van der Waals surface area contributed by atoms with Gasteiger partial charge >= 0.3 is 0 Å². The van der Waals surface area contributed by atoms with Gasteiger partial charge in [-0.25, -0.2) is 0 Å². The van der Waals surface area contributed by atoms with E-state index in [4.69, 9.17) is 4.74 Å². The molecule has 5 nitrogen and oxygen atoms in total. The van der Waals surface area contributed by atoms with E-state index < -0.39 is 0 Å². The lowest BCUT2D eigenvalue weighted by atomic mass is 10.1. The zero-order chi connectivity index (χ0) is 11.0. The second-order valence-electron chi connectivity index (χ2n) is 3.93. The van der Waals surface area contributed by atoms with Crippen molar-refractivity contribution < 1.29 is 9.53 Å². The summed E-state index contributed by atoms with van der Waals surface area (Å²) in [6.45, 7) is 1.46. The molecule has 0 spiro atoms. The average molecular weight is 217 g/mol. The van der Waals surface area contributed by atoms with E-state index in [2.05, 4.69) is 10.2 Å². The van der Waals surface area contributed by atoms with Gasteiger partial charge in [-0.15, -0.1) is 10.2 Å². The number of rotatable bonds is 2. The molecule has 82 valence electrons. The van der Waals surface area contributed by atoms with E-state index >= 15 is 0 Å². The van der Waals surface area contributed by atoms with Crippen LogP contribution in [0.4, 0.5) is 0 Å². The summed E-state index contributed by atoms with van der Waals surface area (Å²) >= 11 is 0. The first-order valence-electron chi connectivity index (χ1n) is 5.26. The van der Waals surface area contributed by atoms with Crippen LogP contribution in [0.5, 0.6) is 0 Å². The number of hydrogen-bond donors (Lipinski definition) is 0. The third-order valence-electron chi connectivity index (χ3n) is 2.88. The molecular weight excluding hydrogens is 206 g/mol. The Bertz CT molecular complexity index is 529. The van der Waals surface area contributed by atoms with Gasteiger partial charge in [0.2, 0.25) is 0 Å². The molecular formula is C11H11N3O2. The van der Waals surface area contributed by atoms with Crippen molar-refractivity contribution in [3.8, 4) is 0 Å². The normalized spacial score (nSPS) is 20.4. The summed E-state index contributed by atoms with van der Waals surface area (Å²) in [6, 6.07) is 3.54. The predicted octanol–water partition coefficient (Wildman–Crippen LogP) is 1.05. The van der Waals surface area contributed by atoms with Gasteiger partial charge in [0.25, 0.3) is 0 Å². The van der Waals surface area contributed by atoms with E-state index in [9.17, 15) is 4.79 Å². The maximum atomic E-state index is 10.7.